The number of piperidine rings is 1. The Morgan fingerprint density at radius 3 is 2.28 bits per heavy atom. The van der Waals surface area contributed by atoms with Gasteiger partial charge in [0.25, 0.3) is 0 Å². The second-order valence-electron chi connectivity index (χ2n) is 7.78. The van der Waals surface area contributed by atoms with Crippen LogP contribution in [0.1, 0.15) is 44.1 Å². The Balaban J connectivity index is 0.00000182. The summed E-state index contributed by atoms with van der Waals surface area (Å²) in [5, 5.41) is 4.58. The maximum atomic E-state index is 13.3. The highest BCUT2D eigenvalue weighted by Crippen LogP contribution is 2.47. The number of carbonyl (C=O) groups is 1. The lowest BCUT2D eigenvalue weighted by molar-refractivity contribution is -0.143. The molecule has 0 bridgehead atoms. The summed E-state index contributed by atoms with van der Waals surface area (Å²) >= 11 is 12.3. The van der Waals surface area contributed by atoms with Crippen LogP contribution in [-0.2, 0) is 10.2 Å². The van der Waals surface area contributed by atoms with Crippen LogP contribution in [0.25, 0.3) is 0 Å². The first-order valence-electron chi connectivity index (χ1n) is 9.00. The van der Waals surface area contributed by atoms with Crippen LogP contribution in [0.15, 0.2) is 18.2 Å². The van der Waals surface area contributed by atoms with Crippen LogP contribution < -0.4 is 5.32 Å². The first kappa shape index (κ1) is 19.3. The Hall–Kier alpha value is -0.480. The molecule has 2 saturated heterocycles. The van der Waals surface area contributed by atoms with E-state index < -0.39 is 0 Å². The van der Waals surface area contributed by atoms with E-state index in [0.29, 0.717) is 21.4 Å². The number of hydrogen-bond acceptors (Lipinski definition) is 2. The van der Waals surface area contributed by atoms with Crippen molar-refractivity contribution >= 4 is 41.5 Å². The van der Waals surface area contributed by atoms with Gasteiger partial charge in [0, 0.05) is 19.6 Å². The molecule has 3 nitrogen and oxygen atoms in total. The summed E-state index contributed by atoms with van der Waals surface area (Å²) in [4.78, 5) is 15.4. The molecule has 6 heteroatoms. The van der Waals surface area contributed by atoms with Gasteiger partial charge in [0.15, 0.2) is 0 Å². The Kier molecular flexibility index (Phi) is 5.60. The maximum absolute atomic E-state index is 13.3. The monoisotopic (exact) mass is 402 g/mol. The number of amides is 1. The molecule has 1 spiro atoms. The Morgan fingerprint density at radius 2 is 1.76 bits per heavy atom. The predicted molar refractivity (Wildman–Crippen MR) is 105 cm³/mol. The molecular formula is C19H25Cl3N2O. The predicted octanol–water partition coefficient (Wildman–Crippen LogP) is 4.44. The molecule has 1 aromatic rings. The van der Waals surface area contributed by atoms with E-state index in [-0.39, 0.29) is 17.8 Å². The van der Waals surface area contributed by atoms with Gasteiger partial charge in [-0.2, -0.15) is 0 Å². The zero-order chi connectivity index (χ0) is 16.8. The van der Waals surface area contributed by atoms with Gasteiger partial charge in [0.2, 0.25) is 5.91 Å². The van der Waals surface area contributed by atoms with E-state index in [2.05, 4.69) is 10.2 Å². The molecule has 1 N–H and O–H groups in total. The summed E-state index contributed by atoms with van der Waals surface area (Å²) in [5.41, 5.74) is 1.11. The van der Waals surface area contributed by atoms with Crippen molar-refractivity contribution in [1.29, 1.82) is 0 Å². The minimum Gasteiger partial charge on any atom is -0.342 e. The summed E-state index contributed by atoms with van der Waals surface area (Å²) < 4.78 is 0. The molecule has 25 heavy (non-hydrogen) atoms. The lowest BCUT2D eigenvalue weighted by Gasteiger charge is -2.47. The van der Waals surface area contributed by atoms with Crippen molar-refractivity contribution in [2.75, 3.05) is 26.2 Å². The van der Waals surface area contributed by atoms with E-state index in [4.69, 9.17) is 23.2 Å². The molecule has 138 valence electrons. The fraction of sp³-hybridized carbons (Fsp3) is 0.632. The van der Waals surface area contributed by atoms with Crippen LogP contribution in [0.2, 0.25) is 10.0 Å². The third-order valence-electron chi connectivity index (χ3n) is 6.53. The minimum absolute atomic E-state index is 0. The van der Waals surface area contributed by atoms with Gasteiger partial charge in [-0.15, -0.1) is 12.4 Å². The molecule has 1 saturated carbocycles. The van der Waals surface area contributed by atoms with E-state index >= 15 is 0 Å². The average Bonchev–Trinajstić information content (AvgIpc) is 2.98. The average molecular weight is 404 g/mol. The zero-order valence-electron chi connectivity index (χ0n) is 14.3. The Bertz CT molecular complexity index is 644. The summed E-state index contributed by atoms with van der Waals surface area (Å²) in [6, 6.07) is 5.70. The molecule has 4 rings (SSSR count). The normalized spacial score (nSPS) is 23.8. The van der Waals surface area contributed by atoms with Crippen molar-refractivity contribution in [3.63, 3.8) is 0 Å². The molecule has 3 aliphatic rings. The number of benzene rings is 1. The zero-order valence-corrected chi connectivity index (χ0v) is 16.7. The van der Waals surface area contributed by atoms with E-state index in [1.807, 2.05) is 18.2 Å². The highest BCUT2D eigenvalue weighted by Gasteiger charge is 2.49. The smallest absolute Gasteiger partial charge is 0.233 e. The highest BCUT2D eigenvalue weighted by molar-refractivity contribution is 6.42. The molecule has 2 aliphatic heterocycles. The van der Waals surface area contributed by atoms with E-state index in [0.717, 1.165) is 63.8 Å². The Labute approximate surface area is 165 Å². The van der Waals surface area contributed by atoms with Gasteiger partial charge in [-0.3, -0.25) is 4.79 Å². The lowest BCUT2D eigenvalue weighted by Crippen LogP contribution is -2.54. The number of likely N-dealkylation sites (tertiary alicyclic amines) is 1. The largest absolute Gasteiger partial charge is 0.342 e. The van der Waals surface area contributed by atoms with Crippen molar-refractivity contribution in [3.8, 4) is 0 Å². The van der Waals surface area contributed by atoms with Gasteiger partial charge >= 0.3 is 0 Å². The van der Waals surface area contributed by atoms with Gasteiger partial charge in [-0.1, -0.05) is 35.7 Å². The SMILES string of the molecule is Cl.O=C(N1CCC2(CCNC2)CC1)C1(c2ccc(Cl)c(Cl)c2)CCC1. The fourth-order valence-electron chi connectivity index (χ4n) is 4.66. The maximum Gasteiger partial charge on any atom is 0.233 e. The molecule has 2 heterocycles. The molecule has 0 atom stereocenters. The first-order valence-corrected chi connectivity index (χ1v) is 9.76. The molecule has 3 fully saturated rings. The van der Waals surface area contributed by atoms with Gasteiger partial charge in [0.1, 0.15) is 0 Å². The number of rotatable bonds is 2. The summed E-state index contributed by atoms with van der Waals surface area (Å²) in [5.74, 6) is 0.299. The number of nitrogens with one attached hydrogen (secondary N) is 1. The molecule has 1 amide bonds. The minimum atomic E-state index is -0.368. The van der Waals surface area contributed by atoms with E-state index in [9.17, 15) is 4.79 Å². The first-order chi connectivity index (χ1) is 11.5. The van der Waals surface area contributed by atoms with Crippen LogP contribution in [0, 0.1) is 5.41 Å². The molecule has 1 aliphatic carbocycles. The quantitative estimate of drug-likeness (QED) is 0.792. The van der Waals surface area contributed by atoms with Crippen LogP contribution in [-0.4, -0.2) is 37.0 Å². The molecule has 0 aromatic heterocycles. The van der Waals surface area contributed by atoms with Gasteiger partial charge < -0.3 is 10.2 Å². The fourth-order valence-corrected chi connectivity index (χ4v) is 4.96. The van der Waals surface area contributed by atoms with Gasteiger partial charge in [-0.25, -0.2) is 0 Å². The molecule has 1 aromatic carbocycles. The number of hydrogen-bond donors (Lipinski definition) is 1. The summed E-state index contributed by atoms with van der Waals surface area (Å²) in [7, 11) is 0. The second kappa shape index (κ2) is 7.26. The molecule has 0 unspecified atom stereocenters. The standard InChI is InChI=1S/C19H24Cl2N2O.ClH/c20-15-3-2-14(12-16(15)21)19(4-1-5-19)17(24)23-10-7-18(8-11-23)6-9-22-13-18;/h2-3,12,22H,1,4-11,13H2;1H. The summed E-state index contributed by atoms with van der Waals surface area (Å²) in [6.07, 6.45) is 6.47. The van der Waals surface area contributed by atoms with Crippen molar-refractivity contribution < 1.29 is 4.79 Å². The molecule has 0 radical (unpaired) electrons. The molecular weight excluding hydrogens is 379 g/mol. The highest BCUT2D eigenvalue weighted by atomic mass is 35.5. The van der Waals surface area contributed by atoms with Crippen LogP contribution in [0.3, 0.4) is 0 Å². The van der Waals surface area contributed by atoms with Crippen molar-refractivity contribution in [3.05, 3.63) is 33.8 Å². The van der Waals surface area contributed by atoms with E-state index in [1.54, 1.807) is 0 Å². The van der Waals surface area contributed by atoms with Gasteiger partial charge in [-0.05, 0) is 61.8 Å². The van der Waals surface area contributed by atoms with Crippen molar-refractivity contribution in [1.82, 2.24) is 10.2 Å². The number of halogens is 3. The third kappa shape index (κ3) is 3.29. The van der Waals surface area contributed by atoms with Crippen LogP contribution in [0.5, 0.6) is 0 Å². The lowest BCUT2D eigenvalue weighted by atomic mass is 9.63. The second-order valence-corrected chi connectivity index (χ2v) is 8.60. The number of carbonyl (C=O) groups excluding carboxylic acids is 1. The van der Waals surface area contributed by atoms with Crippen molar-refractivity contribution in [2.45, 2.75) is 43.9 Å². The topological polar surface area (TPSA) is 32.3 Å². The van der Waals surface area contributed by atoms with E-state index in [1.165, 1.54) is 6.42 Å². The van der Waals surface area contributed by atoms with Gasteiger partial charge in [0.05, 0.1) is 15.5 Å². The van der Waals surface area contributed by atoms with Crippen LogP contribution >= 0.6 is 35.6 Å². The van der Waals surface area contributed by atoms with Crippen molar-refractivity contribution in [2.24, 2.45) is 5.41 Å². The number of nitrogens with zero attached hydrogens (tertiary/aromatic N) is 1. The summed E-state index contributed by atoms with van der Waals surface area (Å²) in [6.45, 7) is 4.03. The third-order valence-corrected chi connectivity index (χ3v) is 7.27. The van der Waals surface area contributed by atoms with Crippen LogP contribution in [0.4, 0.5) is 0 Å². The Morgan fingerprint density at radius 1 is 1.04 bits per heavy atom.